The Morgan fingerprint density at radius 1 is 0.952 bits per heavy atom. The Hall–Kier alpha value is -1.84. The summed E-state index contributed by atoms with van der Waals surface area (Å²) in [5.74, 6) is 1.82. The largest absolute Gasteiger partial charge is 0.457 e. The maximum absolute atomic E-state index is 6.00. The van der Waals surface area contributed by atoms with Gasteiger partial charge in [-0.3, -0.25) is 0 Å². The maximum atomic E-state index is 6.00. The molecule has 0 unspecified atom stereocenters. The standard InChI is InChI=1S/C18H23NO2/c1-14-6-4-5-7-17(14)21-18-9-8-16(12-15(18)2)13-19-10-11-20-3/h4-9,12,19H,10-11,13H2,1-3H3. The van der Waals surface area contributed by atoms with Crippen molar-refractivity contribution in [3.05, 3.63) is 59.2 Å². The molecule has 2 rings (SSSR count). The minimum Gasteiger partial charge on any atom is -0.457 e. The molecule has 0 spiro atoms. The highest BCUT2D eigenvalue weighted by Crippen LogP contribution is 2.27. The molecule has 3 heteroatoms. The summed E-state index contributed by atoms with van der Waals surface area (Å²) in [6.45, 7) is 6.56. The third-order valence-corrected chi connectivity index (χ3v) is 3.36. The van der Waals surface area contributed by atoms with E-state index in [-0.39, 0.29) is 0 Å². The van der Waals surface area contributed by atoms with Gasteiger partial charge in [-0.05, 0) is 42.7 Å². The van der Waals surface area contributed by atoms with E-state index in [1.165, 1.54) is 5.56 Å². The fourth-order valence-corrected chi connectivity index (χ4v) is 2.13. The van der Waals surface area contributed by atoms with Crippen LogP contribution in [-0.4, -0.2) is 20.3 Å². The van der Waals surface area contributed by atoms with E-state index < -0.39 is 0 Å². The van der Waals surface area contributed by atoms with E-state index in [0.29, 0.717) is 0 Å². The summed E-state index contributed by atoms with van der Waals surface area (Å²) in [6, 6.07) is 14.4. The monoisotopic (exact) mass is 285 g/mol. The first-order valence-electron chi connectivity index (χ1n) is 7.23. The summed E-state index contributed by atoms with van der Waals surface area (Å²) < 4.78 is 11.0. The second-order valence-corrected chi connectivity index (χ2v) is 5.14. The average molecular weight is 285 g/mol. The number of hydrogen-bond acceptors (Lipinski definition) is 3. The Bertz CT molecular complexity index is 581. The summed E-state index contributed by atoms with van der Waals surface area (Å²) in [5.41, 5.74) is 3.53. The molecule has 0 radical (unpaired) electrons. The lowest BCUT2D eigenvalue weighted by atomic mass is 10.1. The van der Waals surface area contributed by atoms with Crippen LogP contribution in [-0.2, 0) is 11.3 Å². The smallest absolute Gasteiger partial charge is 0.130 e. The summed E-state index contributed by atoms with van der Waals surface area (Å²) in [6.07, 6.45) is 0. The number of ether oxygens (including phenoxy) is 2. The van der Waals surface area contributed by atoms with Crippen molar-refractivity contribution in [2.45, 2.75) is 20.4 Å². The van der Waals surface area contributed by atoms with Gasteiger partial charge >= 0.3 is 0 Å². The number of nitrogens with one attached hydrogen (secondary N) is 1. The Labute approximate surface area is 126 Å². The van der Waals surface area contributed by atoms with Gasteiger partial charge < -0.3 is 14.8 Å². The van der Waals surface area contributed by atoms with Crippen LogP contribution < -0.4 is 10.1 Å². The minimum absolute atomic E-state index is 0.730. The summed E-state index contributed by atoms with van der Waals surface area (Å²) in [5, 5.41) is 3.34. The van der Waals surface area contributed by atoms with E-state index in [2.05, 4.69) is 37.4 Å². The zero-order valence-electron chi connectivity index (χ0n) is 13.0. The third kappa shape index (κ3) is 4.59. The molecular formula is C18H23NO2. The topological polar surface area (TPSA) is 30.5 Å². The van der Waals surface area contributed by atoms with Crippen LogP contribution in [0, 0.1) is 13.8 Å². The molecule has 3 nitrogen and oxygen atoms in total. The Balaban J connectivity index is 2.01. The lowest BCUT2D eigenvalue weighted by Gasteiger charge is -2.12. The van der Waals surface area contributed by atoms with Crippen LogP contribution in [0.2, 0.25) is 0 Å². The van der Waals surface area contributed by atoms with Crippen molar-refractivity contribution < 1.29 is 9.47 Å². The molecule has 0 amide bonds. The number of hydrogen-bond donors (Lipinski definition) is 1. The molecular weight excluding hydrogens is 262 g/mol. The van der Waals surface area contributed by atoms with Crippen molar-refractivity contribution in [2.24, 2.45) is 0 Å². The van der Waals surface area contributed by atoms with Gasteiger partial charge in [-0.25, -0.2) is 0 Å². The second kappa shape index (κ2) is 7.81. The molecule has 0 saturated heterocycles. The first kappa shape index (κ1) is 15.5. The summed E-state index contributed by atoms with van der Waals surface area (Å²) >= 11 is 0. The number of rotatable bonds is 7. The molecule has 0 aromatic heterocycles. The van der Waals surface area contributed by atoms with Gasteiger partial charge in [-0.2, -0.15) is 0 Å². The van der Waals surface area contributed by atoms with Crippen LogP contribution in [0.4, 0.5) is 0 Å². The van der Waals surface area contributed by atoms with Gasteiger partial charge in [0, 0.05) is 20.2 Å². The van der Waals surface area contributed by atoms with Gasteiger partial charge in [0.05, 0.1) is 6.61 Å². The van der Waals surface area contributed by atoms with Gasteiger partial charge in [0.1, 0.15) is 11.5 Å². The lowest BCUT2D eigenvalue weighted by molar-refractivity contribution is 0.199. The first-order valence-corrected chi connectivity index (χ1v) is 7.23. The van der Waals surface area contributed by atoms with Gasteiger partial charge in [0.25, 0.3) is 0 Å². The molecule has 0 saturated carbocycles. The van der Waals surface area contributed by atoms with Crippen LogP contribution in [0.3, 0.4) is 0 Å². The minimum atomic E-state index is 0.730. The quantitative estimate of drug-likeness (QED) is 0.784. The fraction of sp³-hybridized carbons (Fsp3) is 0.333. The van der Waals surface area contributed by atoms with Crippen LogP contribution in [0.1, 0.15) is 16.7 Å². The zero-order chi connectivity index (χ0) is 15.1. The van der Waals surface area contributed by atoms with E-state index in [0.717, 1.165) is 42.3 Å². The number of para-hydroxylation sites is 1. The number of benzene rings is 2. The molecule has 0 fully saturated rings. The van der Waals surface area contributed by atoms with Crippen LogP contribution in [0.25, 0.3) is 0 Å². The molecule has 0 aliphatic rings. The maximum Gasteiger partial charge on any atom is 0.130 e. The van der Waals surface area contributed by atoms with E-state index >= 15 is 0 Å². The third-order valence-electron chi connectivity index (χ3n) is 3.36. The highest BCUT2D eigenvalue weighted by molar-refractivity contribution is 5.42. The van der Waals surface area contributed by atoms with E-state index in [1.54, 1.807) is 7.11 Å². The van der Waals surface area contributed by atoms with Gasteiger partial charge in [0.2, 0.25) is 0 Å². The van der Waals surface area contributed by atoms with E-state index in [4.69, 9.17) is 9.47 Å². The molecule has 2 aromatic carbocycles. The van der Waals surface area contributed by atoms with Gasteiger partial charge in [-0.15, -0.1) is 0 Å². The Kier molecular flexibility index (Phi) is 5.78. The predicted octanol–water partition coefficient (Wildman–Crippen LogP) is 3.83. The van der Waals surface area contributed by atoms with Crippen LogP contribution in [0.15, 0.2) is 42.5 Å². The van der Waals surface area contributed by atoms with Crippen molar-refractivity contribution >= 4 is 0 Å². The van der Waals surface area contributed by atoms with Crippen molar-refractivity contribution in [1.29, 1.82) is 0 Å². The Morgan fingerprint density at radius 2 is 1.71 bits per heavy atom. The first-order chi connectivity index (χ1) is 10.2. The Morgan fingerprint density at radius 3 is 2.43 bits per heavy atom. The highest BCUT2D eigenvalue weighted by atomic mass is 16.5. The molecule has 112 valence electrons. The molecule has 0 aliphatic heterocycles. The van der Waals surface area contributed by atoms with Crippen molar-refractivity contribution in [3.63, 3.8) is 0 Å². The highest BCUT2D eigenvalue weighted by Gasteiger charge is 2.04. The second-order valence-electron chi connectivity index (χ2n) is 5.14. The number of aryl methyl sites for hydroxylation is 2. The molecule has 0 bridgehead atoms. The zero-order valence-corrected chi connectivity index (χ0v) is 13.0. The molecule has 2 aromatic rings. The van der Waals surface area contributed by atoms with Gasteiger partial charge in [0.15, 0.2) is 0 Å². The fourth-order valence-electron chi connectivity index (χ4n) is 2.13. The van der Waals surface area contributed by atoms with E-state index in [1.807, 2.05) is 24.3 Å². The molecule has 0 heterocycles. The molecule has 1 N–H and O–H groups in total. The van der Waals surface area contributed by atoms with E-state index in [9.17, 15) is 0 Å². The average Bonchev–Trinajstić information content (AvgIpc) is 2.48. The van der Waals surface area contributed by atoms with Crippen molar-refractivity contribution in [1.82, 2.24) is 5.32 Å². The normalized spacial score (nSPS) is 10.6. The summed E-state index contributed by atoms with van der Waals surface area (Å²) in [7, 11) is 1.71. The molecule has 0 atom stereocenters. The van der Waals surface area contributed by atoms with Crippen LogP contribution in [0.5, 0.6) is 11.5 Å². The van der Waals surface area contributed by atoms with Crippen molar-refractivity contribution in [3.8, 4) is 11.5 Å². The van der Waals surface area contributed by atoms with Crippen LogP contribution >= 0.6 is 0 Å². The SMILES string of the molecule is COCCNCc1ccc(Oc2ccccc2C)c(C)c1. The van der Waals surface area contributed by atoms with Crippen molar-refractivity contribution in [2.75, 3.05) is 20.3 Å². The molecule has 0 aliphatic carbocycles. The number of methoxy groups -OCH3 is 1. The molecule has 21 heavy (non-hydrogen) atoms. The predicted molar refractivity (Wildman–Crippen MR) is 86.0 cm³/mol. The lowest BCUT2D eigenvalue weighted by Crippen LogP contribution is -2.18. The summed E-state index contributed by atoms with van der Waals surface area (Å²) in [4.78, 5) is 0. The van der Waals surface area contributed by atoms with Gasteiger partial charge in [-0.1, -0.05) is 30.3 Å².